The first kappa shape index (κ1) is 30.6. The molecule has 0 rings (SSSR count). The van der Waals surface area contributed by atoms with E-state index in [4.69, 9.17) is 52.6 Å². The van der Waals surface area contributed by atoms with E-state index in [1.165, 1.54) is 0 Å². The van der Waals surface area contributed by atoms with Gasteiger partial charge in [-0.3, -0.25) is 25.3 Å². The maximum Gasteiger partial charge on any atom is 3.00 e. The van der Waals surface area contributed by atoms with Crippen LogP contribution in [0.15, 0.2) is 0 Å². The van der Waals surface area contributed by atoms with E-state index in [1.807, 2.05) is 0 Å². The summed E-state index contributed by atoms with van der Waals surface area (Å²) in [6.45, 7) is 0. The van der Waals surface area contributed by atoms with Gasteiger partial charge in [-0.15, -0.1) is 0 Å². The van der Waals surface area contributed by atoms with Gasteiger partial charge in [0.2, 0.25) is 0 Å². The topological polar surface area (TPSA) is 241 Å². The second-order valence-corrected chi connectivity index (χ2v) is 3.67. The molecular weight excluding hydrogens is 371 g/mol. The summed E-state index contributed by atoms with van der Waals surface area (Å²) in [5, 5.41) is 0. The van der Waals surface area contributed by atoms with Gasteiger partial charge in [-0.25, -0.2) is 0 Å². The standard InChI is InChI=1S/Al.Fe.3H2O4S/c;;3*1-5(2,3)4/h;;3*(H2,1,2,3,4)/q2*+3;;;/p-6. The van der Waals surface area contributed by atoms with Crippen molar-refractivity contribution in [3.63, 3.8) is 0 Å². The minimum absolute atomic E-state index is 0. The predicted octanol–water partition coefficient (Wildman–Crippen LogP) is -4.40. The zero-order chi connectivity index (χ0) is 13.5. The summed E-state index contributed by atoms with van der Waals surface area (Å²) in [7, 11) is -15.5. The van der Waals surface area contributed by atoms with Crippen molar-refractivity contribution in [2.75, 3.05) is 0 Å². The molecule has 0 aromatic carbocycles. The molecule has 12 nitrogen and oxygen atoms in total. The smallest absolute Gasteiger partial charge is 0.759 e. The number of rotatable bonds is 0. The quantitative estimate of drug-likeness (QED) is 0.223. The molecule has 0 aliphatic carbocycles. The third-order valence-corrected chi connectivity index (χ3v) is 0. The number of hydrogen-bond donors (Lipinski definition) is 0. The zero-order valence-corrected chi connectivity index (χ0v) is 11.8. The Hall–Kier alpha value is 0.662. The van der Waals surface area contributed by atoms with E-state index >= 15 is 0 Å². The average molecular weight is 371 g/mol. The van der Waals surface area contributed by atoms with E-state index in [0.29, 0.717) is 0 Å². The maximum absolute atomic E-state index is 8.52. The van der Waals surface area contributed by atoms with Gasteiger partial charge in [0.1, 0.15) is 0 Å². The van der Waals surface area contributed by atoms with Gasteiger partial charge >= 0.3 is 34.4 Å². The Morgan fingerprint density at radius 2 is 0.471 bits per heavy atom. The van der Waals surface area contributed by atoms with Crippen LogP contribution in [0, 0.1) is 0 Å². The average Bonchev–Trinajstić information content (AvgIpc) is 1.41. The van der Waals surface area contributed by atoms with Crippen molar-refractivity contribution in [2.24, 2.45) is 0 Å². The van der Waals surface area contributed by atoms with Crippen molar-refractivity contribution in [1.82, 2.24) is 0 Å². The molecule has 0 aliphatic rings. The Kier molecular flexibility index (Phi) is 21.1. The molecule has 0 saturated heterocycles. The van der Waals surface area contributed by atoms with Gasteiger partial charge in [0.15, 0.2) is 0 Å². The van der Waals surface area contributed by atoms with E-state index in [1.54, 1.807) is 0 Å². The fraction of sp³-hybridized carbons (Fsp3) is 0. The molecule has 0 N–H and O–H groups in total. The molecule has 17 heavy (non-hydrogen) atoms. The maximum atomic E-state index is 8.52. The van der Waals surface area contributed by atoms with Gasteiger partial charge in [-0.1, -0.05) is 0 Å². The summed E-state index contributed by atoms with van der Waals surface area (Å²) in [4.78, 5) is 0. The summed E-state index contributed by atoms with van der Waals surface area (Å²) >= 11 is 0. The normalized spacial score (nSPS) is 10.2. The Bertz CT molecular complexity index is 343. The van der Waals surface area contributed by atoms with E-state index in [-0.39, 0.29) is 34.4 Å². The van der Waals surface area contributed by atoms with Crippen LogP contribution in [0.1, 0.15) is 0 Å². The largest absolute Gasteiger partial charge is 3.00 e. The van der Waals surface area contributed by atoms with Crippen molar-refractivity contribution in [3.8, 4) is 0 Å². The van der Waals surface area contributed by atoms with Crippen LogP contribution < -0.4 is 0 Å². The van der Waals surface area contributed by atoms with Gasteiger partial charge in [0.05, 0.1) is 0 Å². The fourth-order valence-electron chi connectivity index (χ4n) is 0. The molecule has 0 unspecified atom stereocenters. The summed E-state index contributed by atoms with van der Waals surface area (Å²) in [5.41, 5.74) is 0. The molecule has 0 aliphatic heterocycles. The van der Waals surface area contributed by atoms with E-state index < -0.39 is 31.2 Å². The van der Waals surface area contributed by atoms with Gasteiger partial charge in [-0.05, 0) is 0 Å². The molecule has 0 aromatic rings. The SMILES string of the molecule is O=S(=O)([O-])[O-].O=S(=O)([O-])[O-].O=S(=O)([O-])[O-].[Al+3].[Fe+3]. The molecule has 0 atom stereocenters. The van der Waals surface area contributed by atoms with Crippen molar-refractivity contribution >= 4 is 48.6 Å². The van der Waals surface area contributed by atoms with Crippen LogP contribution in [0.4, 0.5) is 0 Å². The Morgan fingerprint density at radius 1 is 0.471 bits per heavy atom. The van der Waals surface area contributed by atoms with Crippen LogP contribution in [0.5, 0.6) is 0 Å². The fourth-order valence-corrected chi connectivity index (χ4v) is 0. The van der Waals surface area contributed by atoms with Crippen molar-refractivity contribution in [2.45, 2.75) is 0 Å². The van der Waals surface area contributed by atoms with Crippen LogP contribution in [-0.4, -0.2) is 69.9 Å². The van der Waals surface area contributed by atoms with E-state index in [9.17, 15) is 0 Å². The van der Waals surface area contributed by atoms with Crippen LogP contribution >= 0.6 is 0 Å². The van der Waals surface area contributed by atoms with Crippen LogP contribution in [-0.2, 0) is 48.3 Å². The summed E-state index contributed by atoms with van der Waals surface area (Å²) < 4.78 is 102. The molecule has 101 valence electrons. The molecule has 0 spiro atoms. The Morgan fingerprint density at radius 3 is 0.471 bits per heavy atom. The van der Waals surface area contributed by atoms with Gasteiger partial charge < -0.3 is 27.3 Å². The van der Waals surface area contributed by atoms with Gasteiger partial charge in [-0.2, -0.15) is 0 Å². The minimum Gasteiger partial charge on any atom is -0.759 e. The molecule has 1 radical (unpaired) electrons. The molecule has 0 fully saturated rings. The summed E-state index contributed by atoms with van der Waals surface area (Å²) in [6, 6.07) is 0. The number of hydrogen-bond acceptors (Lipinski definition) is 12. The molecule has 17 heteroatoms. The zero-order valence-electron chi connectivity index (χ0n) is 7.05. The van der Waals surface area contributed by atoms with Gasteiger partial charge in [0, 0.05) is 31.2 Å². The second kappa shape index (κ2) is 11.7. The first-order chi connectivity index (χ1) is 6.00. The van der Waals surface area contributed by atoms with Crippen LogP contribution in [0.3, 0.4) is 0 Å². The summed E-state index contributed by atoms with van der Waals surface area (Å²) in [5.74, 6) is 0. The van der Waals surface area contributed by atoms with E-state index in [2.05, 4.69) is 0 Å². The molecule has 0 bridgehead atoms. The molecule has 0 heterocycles. The second-order valence-electron chi connectivity index (χ2n) is 1.22. The third kappa shape index (κ3) is 8170. The Balaban J connectivity index is -0.0000000400. The molecule has 0 saturated carbocycles. The van der Waals surface area contributed by atoms with E-state index in [0.717, 1.165) is 0 Å². The first-order valence-corrected chi connectivity index (χ1v) is 6.00. The minimum atomic E-state index is -5.17. The monoisotopic (exact) mass is 371 g/mol. The molecular formula is AlFeO12S3. The van der Waals surface area contributed by atoms with Crippen molar-refractivity contribution in [3.05, 3.63) is 0 Å². The van der Waals surface area contributed by atoms with Crippen molar-refractivity contribution < 1.29 is 69.6 Å². The Labute approximate surface area is 118 Å². The first-order valence-electron chi connectivity index (χ1n) is 2.00. The summed E-state index contributed by atoms with van der Waals surface area (Å²) in [6.07, 6.45) is 0. The van der Waals surface area contributed by atoms with Crippen molar-refractivity contribution in [1.29, 1.82) is 0 Å². The molecule has 0 aromatic heterocycles. The van der Waals surface area contributed by atoms with Crippen LogP contribution in [0.2, 0.25) is 0 Å². The van der Waals surface area contributed by atoms with Gasteiger partial charge in [0.25, 0.3) is 0 Å². The van der Waals surface area contributed by atoms with Crippen LogP contribution in [0.25, 0.3) is 0 Å². The predicted molar refractivity (Wildman–Crippen MR) is 37.2 cm³/mol. The third-order valence-electron chi connectivity index (χ3n) is 0. The molecule has 0 amide bonds.